The summed E-state index contributed by atoms with van der Waals surface area (Å²) < 4.78 is 0. The van der Waals surface area contributed by atoms with Crippen molar-refractivity contribution >= 4 is 11.6 Å². The highest BCUT2D eigenvalue weighted by atomic mass is 16.1. The Hall–Kier alpha value is -2.13. The molecule has 3 nitrogen and oxygen atoms in total. The lowest BCUT2D eigenvalue weighted by Gasteiger charge is -2.09. The van der Waals surface area contributed by atoms with E-state index in [1.165, 1.54) is 0 Å². The molecule has 0 spiro atoms. The van der Waals surface area contributed by atoms with Gasteiger partial charge in [0.1, 0.15) is 0 Å². The number of carbonyl (C=O) groups is 1. The first-order chi connectivity index (χ1) is 8.81. The van der Waals surface area contributed by atoms with E-state index in [2.05, 4.69) is 5.32 Å². The van der Waals surface area contributed by atoms with Crippen molar-refractivity contribution in [1.29, 1.82) is 0 Å². The molecule has 3 N–H and O–H groups in total. The number of nitrogens with two attached hydrogens (primary N) is 1. The summed E-state index contributed by atoms with van der Waals surface area (Å²) in [6.45, 7) is 0.537. The topological polar surface area (TPSA) is 55.1 Å². The Bertz CT molecular complexity index is 523. The molecular formula is C15H16N2O. The standard InChI is InChI=1S/C15H16N2O/c16-11-10-12-6-4-5-9-14(12)15(18)17-13-7-2-1-3-8-13/h1-9H,10-11,16H2,(H,17,18). The molecule has 2 aromatic rings. The maximum absolute atomic E-state index is 12.2. The van der Waals surface area contributed by atoms with E-state index >= 15 is 0 Å². The summed E-state index contributed by atoms with van der Waals surface area (Å²) in [6, 6.07) is 17.0. The van der Waals surface area contributed by atoms with Crippen molar-refractivity contribution in [3.05, 3.63) is 65.7 Å². The van der Waals surface area contributed by atoms with Gasteiger partial charge in [0.15, 0.2) is 0 Å². The fraction of sp³-hybridized carbons (Fsp3) is 0.133. The first-order valence-electron chi connectivity index (χ1n) is 5.95. The minimum absolute atomic E-state index is 0.0924. The fourth-order valence-corrected chi connectivity index (χ4v) is 1.84. The van der Waals surface area contributed by atoms with Crippen LogP contribution in [0.2, 0.25) is 0 Å². The van der Waals surface area contributed by atoms with E-state index in [-0.39, 0.29) is 5.91 Å². The van der Waals surface area contributed by atoms with Crippen molar-refractivity contribution in [3.63, 3.8) is 0 Å². The number of para-hydroxylation sites is 1. The third-order valence-electron chi connectivity index (χ3n) is 2.71. The van der Waals surface area contributed by atoms with Crippen LogP contribution in [0, 0.1) is 0 Å². The number of amides is 1. The molecule has 0 bridgehead atoms. The van der Waals surface area contributed by atoms with Crippen LogP contribution in [0.4, 0.5) is 5.69 Å². The average molecular weight is 240 g/mol. The van der Waals surface area contributed by atoms with E-state index in [4.69, 9.17) is 5.73 Å². The van der Waals surface area contributed by atoms with Crippen LogP contribution < -0.4 is 11.1 Å². The molecule has 2 rings (SSSR count). The molecule has 0 saturated carbocycles. The quantitative estimate of drug-likeness (QED) is 0.862. The van der Waals surface area contributed by atoms with Gasteiger partial charge in [-0.3, -0.25) is 4.79 Å². The summed E-state index contributed by atoms with van der Waals surface area (Å²) in [7, 11) is 0. The number of anilines is 1. The number of carbonyl (C=O) groups excluding carboxylic acids is 1. The fourth-order valence-electron chi connectivity index (χ4n) is 1.84. The molecule has 0 heterocycles. The van der Waals surface area contributed by atoms with Crippen LogP contribution in [0.3, 0.4) is 0 Å². The molecule has 0 unspecified atom stereocenters. The number of nitrogens with one attached hydrogen (secondary N) is 1. The molecular weight excluding hydrogens is 224 g/mol. The Balaban J connectivity index is 2.19. The number of rotatable bonds is 4. The highest BCUT2D eigenvalue weighted by molar-refractivity contribution is 6.05. The minimum Gasteiger partial charge on any atom is -0.330 e. The molecule has 92 valence electrons. The van der Waals surface area contributed by atoms with Crippen LogP contribution in [-0.4, -0.2) is 12.5 Å². The Kier molecular flexibility index (Phi) is 4.10. The van der Waals surface area contributed by atoms with Gasteiger partial charge < -0.3 is 11.1 Å². The van der Waals surface area contributed by atoms with Crippen molar-refractivity contribution in [1.82, 2.24) is 0 Å². The van der Waals surface area contributed by atoms with Crippen molar-refractivity contribution in [2.45, 2.75) is 6.42 Å². The summed E-state index contributed by atoms with van der Waals surface area (Å²) in [5, 5.41) is 2.88. The van der Waals surface area contributed by atoms with Gasteiger partial charge in [0.05, 0.1) is 0 Å². The lowest BCUT2D eigenvalue weighted by Crippen LogP contribution is -2.15. The monoisotopic (exact) mass is 240 g/mol. The predicted octanol–water partition coefficient (Wildman–Crippen LogP) is 2.44. The Labute approximate surface area is 107 Å². The second-order valence-electron chi connectivity index (χ2n) is 4.02. The third-order valence-corrected chi connectivity index (χ3v) is 2.71. The van der Waals surface area contributed by atoms with Gasteiger partial charge in [-0.05, 0) is 36.7 Å². The van der Waals surface area contributed by atoms with E-state index in [9.17, 15) is 4.79 Å². The molecule has 3 heteroatoms. The molecule has 0 atom stereocenters. The van der Waals surface area contributed by atoms with E-state index in [1.54, 1.807) is 0 Å². The molecule has 0 aliphatic rings. The van der Waals surface area contributed by atoms with Gasteiger partial charge in [-0.15, -0.1) is 0 Å². The summed E-state index contributed by atoms with van der Waals surface area (Å²) in [4.78, 5) is 12.2. The smallest absolute Gasteiger partial charge is 0.255 e. The summed E-state index contributed by atoms with van der Waals surface area (Å²) in [6.07, 6.45) is 0.707. The molecule has 2 aromatic carbocycles. The number of benzene rings is 2. The second-order valence-corrected chi connectivity index (χ2v) is 4.02. The van der Waals surface area contributed by atoms with Gasteiger partial charge in [0.2, 0.25) is 0 Å². The average Bonchev–Trinajstić information content (AvgIpc) is 2.41. The largest absolute Gasteiger partial charge is 0.330 e. The van der Waals surface area contributed by atoms with Crippen molar-refractivity contribution in [2.75, 3.05) is 11.9 Å². The lowest BCUT2D eigenvalue weighted by molar-refractivity contribution is 0.102. The van der Waals surface area contributed by atoms with Crippen LogP contribution in [0.5, 0.6) is 0 Å². The van der Waals surface area contributed by atoms with Gasteiger partial charge in [-0.2, -0.15) is 0 Å². The molecule has 0 radical (unpaired) electrons. The van der Waals surface area contributed by atoms with Crippen LogP contribution >= 0.6 is 0 Å². The van der Waals surface area contributed by atoms with Crippen LogP contribution in [0.25, 0.3) is 0 Å². The zero-order valence-corrected chi connectivity index (χ0v) is 10.1. The SMILES string of the molecule is NCCc1ccccc1C(=O)Nc1ccccc1. The Morgan fingerprint density at radius 2 is 1.67 bits per heavy atom. The predicted molar refractivity (Wildman–Crippen MR) is 73.6 cm³/mol. The van der Waals surface area contributed by atoms with Gasteiger partial charge >= 0.3 is 0 Å². The molecule has 0 aliphatic heterocycles. The number of hydrogen-bond donors (Lipinski definition) is 2. The first kappa shape index (κ1) is 12.3. The van der Waals surface area contributed by atoms with Gasteiger partial charge in [-0.25, -0.2) is 0 Å². The van der Waals surface area contributed by atoms with E-state index in [1.807, 2.05) is 54.6 Å². The molecule has 18 heavy (non-hydrogen) atoms. The second kappa shape index (κ2) is 5.98. The van der Waals surface area contributed by atoms with Gasteiger partial charge in [-0.1, -0.05) is 36.4 Å². The van der Waals surface area contributed by atoms with Gasteiger partial charge in [0, 0.05) is 11.3 Å². The Morgan fingerprint density at radius 1 is 1.00 bits per heavy atom. The Morgan fingerprint density at radius 3 is 2.39 bits per heavy atom. The minimum atomic E-state index is -0.0924. The van der Waals surface area contributed by atoms with Crippen LogP contribution in [0.15, 0.2) is 54.6 Å². The molecule has 0 saturated heterocycles. The normalized spacial score (nSPS) is 10.1. The summed E-state index contributed by atoms with van der Waals surface area (Å²) in [5.41, 5.74) is 8.01. The zero-order valence-electron chi connectivity index (χ0n) is 10.1. The maximum Gasteiger partial charge on any atom is 0.255 e. The summed E-state index contributed by atoms with van der Waals surface area (Å²) >= 11 is 0. The van der Waals surface area contributed by atoms with E-state index < -0.39 is 0 Å². The first-order valence-corrected chi connectivity index (χ1v) is 5.95. The highest BCUT2D eigenvalue weighted by Gasteiger charge is 2.10. The third kappa shape index (κ3) is 2.96. The molecule has 0 aromatic heterocycles. The zero-order chi connectivity index (χ0) is 12.8. The highest BCUT2D eigenvalue weighted by Crippen LogP contribution is 2.13. The lowest BCUT2D eigenvalue weighted by atomic mass is 10.0. The van der Waals surface area contributed by atoms with Crippen molar-refractivity contribution in [3.8, 4) is 0 Å². The molecule has 0 aliphatic carbocycles. The summed E-state index contributed by atoms with van der Waals surface area (Å²) in [5.74, 6) is -0.0924. The van der Waals surface area contributed by atoms with Crippen molar-refractivity contribution in [2.24, 2.45) is 5.73 Å². The van der Waals surface area contributed by atoms with Gasteiger partial charge in [0.25, 0.3) is 5.91 Å². The maximum atomic E-state index is 12.2. The van der Waals surface area contributed by atoms with Crippen LogP contribution in [0.1, 0.15) is 15.9 Å². The number of hydrogen-bond acceptors (Lipinski definition) is 2. The van der Waals surface area contributed by atoms with Crippen molar-refractivity contribution < 1.29 is 4.79 Å². The molecule has 1 amide bonds. The van der Waals surface area contributed by atoms with E-state index in [0.717, 1.165) is 11.3 Å². The van der Waals surface area contributed by atoms with Crippen LogP contribution in [-0.2, 0) is 6.42 Å². The molecule has 0 fully saturated rings. The van der Waals surface area contributed by atoms with E-state index in [0.29, 0.717) is 18.5 Å².